The van der Waals surface area contributed by atoms with Crippen molar-refractivity contribution < 1.29 is 73.9 Å². The van der Waals surface area contributed by atoms with Crippen LogP contribution in [0.15, 0.2) is 99.3 Å². The van der Waals surface area contributed by atoms with Crippen LogP contribution in [-0.4, -0.2) is 107 Å². The third-order valence-corrected chi connectivity index (χ3v) is 23.5. The molecule has 6 atom stereocenters. The Bertz CT molecular complexity index is 3670. The molecular formula is C61H86N9O16P4S-. The van der Waals surface area contributed by atoms with Gasteiger partial charge in [0.2, 0.25) is 17.6 Å². The van der Waals surface area contributed by atoms with Gasteiger partial charge in [-0.2, -0.15) is 30.8 Å². The SMILES string of the molecule is [CH2-]CCCN1C(=CC=C2CCC/C(=C\C=C3/N(CCC[CH2-])c4ccc(S)cc4C3(C)C)C2=[N+]2CCC(C(=O)NCCCCCCOP(=O)(O)OP(=O)(O)OP(=O)(O)OP(=O)(O)OCC3CCC(n4cnc5c(=O)[nH]c(N)nc54)O3)CC2)C(C)(C)c2cc(C)ccc21. The van der Waals surface area contributed by atoms with Gasteiger partial charge >= 0.3 is 31.3 Å². The van der Waals surface area contributed by atoms with Gasteiger partial charge in [-0.1, -0.05) is 83.2 Å². The van der Waals surface area contributed by atoms with E-state index in [1.165, 1.54) is 67.2 Å². The number of anilines is 3. The average Bonchev–Trinajstić information content (AvgIpc) is 1.61. The number of allylic oxidation sites excluding steroid dienone is 8. The number of amides is 1. The van der Waals surface area contributed by atoms with Crippen molar-refractivity contribution in [3.05, 3.63) is 130 Å². The second kappa shape index (κ2) is 29.4. The Morgan fingerprint density at radius 1 is 0.791 bits per heavy atom. The van der Waals surface area contributed by atoms with E-state index in [1.54, 1.807) is 0 Å². The Morgan fingerprint density at radius 2 is 1.36 bits per heavy atom. The van der Waals surface area contributed by atoms with Crippen LogP contribution in [0.3, 0.4) is 0 Å². The highest BCUT2D eigenvalue weighted by Crippen LogP contribution is 2.71. The lowest BCUT2D eigenvalue weighted by molar-refractivity contribution is -0.539. The minimum absolute atomic E-state index is 0.00842. The van der Waals surface area contributed by atoms with Crippen molar-refractivity contribution in [3.63, 3.8) is 0 Å². The van der Waals surface area contributed by atoms with Gasteiger partial charge in [0.15, 0.2) is 11.2 Å². The maximum Gasteiger partial charge on any atom is 0.490 e. The predicted octanol–water partition coefficient (Wildman–Crippen LogP) is 11.6. The normalized spacial score (nSPS) is 24.2. The number of carbonyl (C=O) groups is 1. The van der Waals surface area contributed by atoms with Gasteiger partial charge in [-0.3, -0.25) is 28.2 Å². The summed E-state index contributed by atoms with van der Waals surface area (Å²) in [7, 11) is -22.9. The quantitative estimate of drug-likeness (QED) is 0.00904. The van der Waals surface area contributed by atoms with Crippen molar-refractivity contribution in [2.24, 2.45) is 5.92 Å². The van der Waals surface area contributed by atoms with E-state index in [4.69, 9.17) is 32.1 Å². The molecular weight excluding hydrogens is 1270 g/mol. The number of nitrogen functional groups attached to an aromatic ring is 1. The fourth-order valence-corrected chi connectivity index (χ4v) is 18.0. The summed E-state index contributed by atoms with van der Waals surface area (Å²) in [5, 5.41) is 3.10. The zero-order valence-corrected chi connectivity index (χ0v) is 56.7. The largest absolute Gasteiger partial charge is 0.490 e. The first-order valence-corrected chi connectivity index (χ1v) is 37.4. The molecule has 3 fully saturated rings. The van der Waals surface area contributed by atoms with Crippen molar-refractivity contribution >= 4 is 84.0 Å². The van der Waals surface area contributed by atoms with Crippen molar-refractivity contribution in [2.45, 2.75) is 159 Å². The molecule has 6 heterocycles. The standard InChI is InChI=1S/C61H86N9O16P4S/c1-8-10-32-68-49-24-19-41(3)37-47(49)60(4,5)51(68)26-20-42-17-16-18-43(21-27-52-61(6,7)48-38-46(91)23-25-50(48)69(52)33-11-9-2)55(42)67-34-29-44(30-35-67)57(71)63-31-14-12-13-15-36-81-87(73,74)84-89(77,78)86-90(79,80)85-88(75,76)82-39-45-22-28-53(83-45)70-40-64-54-56(70)65-59(62)66-58(54)72/h19-21,23-27,37-38,40,44-45,53,91H,1-2,8-18,22,28-36,39H2,3-7H3,(H,63,71)(H,73,74)(H,75,76)(H,77,78)(H,79,80)(H3,62,65,66,72)/q-1. The van der Waals surface area contributed by atoms with E-state index >= 15 is 0 Å². The second-order valence-electron chi connectivity index (χ2n) is 24.7. The summed E-state index contributed by atoms with van der Waals surface area (Å²) in [4.78, 5) is 82.5. The average molecular weight is 1360 g/mol. The van der Waals surface area contributed by atoms with Crippen LogP contribution in [0, 0.1) is 26.7 Å². The van der Waals surface area contributed by atoms with Crippen LogP contribution >= 0.6 is 43.9 Å². The third kappa shape index (κ3) is 17.2. The van der Waals surface area contributed by atoms with Crippen molar-refractivity contribution in [2.75, 3.05) is 61.5 Å². The molecule has 4 aliphatic heterocycles. The lowest BCUT2D eigenvalue weighted by Crippen LogP contribution is -2.40. The van der Waals surface area contributed by atoms with Gasteiger partial charge in [0.25, 0.3) is 5.56 Å². The number of aryl methyl sites for hydroxylation is 1. The number of nitrogens with two attached hydrogens (primary N) is 1. The number of nitrogens with one attached hydrogen (secondary N) is 2. The second-order valence-corrected chi connectivity index (χ2v) is 31.4. The summed E-state index contributed by atoms with van der Waals surface area (Å²) in [5.74, 6) is -0.373. The molecule has 0 bridgehead atoms. The molecule has 498 valence electrons. The van der Waals surface area contributed by atoms with E-state index in [0.717, 1.165) is 62.9 Å². The number of fused-ring (bicyclic) bond motifs is 3. The molecule has 4 aromatic rings. The summed E-state index contributed by atoms with van der Waals surface area (Å²) >= 11 is 4.74. The number of carbonyl (C=O) groups excluding carboxylic acids is 1. The number of hydrogen-bond donors (Lipinski definition) is 8. The van der Waals surface area contributed by atoms with Gasteiger partial charge in [0.05, 0.1) is 25.6 Å². The van der Waals surface area contributed by atoms with Crippen LogP contribution < -0.4 is 26.4 Å². The Hall–Kier alpha value is -4.84. The molecule has 0 spiro atoms. The van der Waals surface area contributed by atoms with E-state index in [-0.39, 0.29) is 52.6 Å². The molecule has 2 aromatic heterocycles. The van der Waals surface area contributed by atoms with Crippen LogP contribution in [0.5, 0.6) is 0 Å². The number of phosphoric ester groups is 2. The van der Waals surface area contributed by atoms with E-state index in [2.05, 4.69) is 157 Å². The fourth-order valence-electron chi connectivity index (χ4n) is 12.8. The number of phosphoric acid groups is 4. The smallest absolute Gasteiger partial charge is 0.369 e. The van der Waals surface area contributed by atoms with Crippen molar-refractivity contribution in [3.8, 4) is 0 Å². The number of hydrogen-bond acceptors (Lipinski definition) is 18. The summed E-state index contributed by atoms with van der Waals surface area (Å²) in [6.45, 7) is 22.1. The molecule has 1 aliphatic carbocycles. The highest BCUT2D eigenvalue weighted by atomic mass is 32.1. The van der Waals surface area contributed by atoms with Crippen molar-refractivity contribution in [1.29, 1.82) is 0 Å². The van der Waals surface area contributed by atoms with Gasteiger partial charge in [-0.15, -0.1) is 12.6 Å². The Labute approximate surface area is 537 Å². The highest BCUT2D eigenvalue weighted by molar-refractivity contribution is 7.80. The number of piperidine rings is 1. The number of aromatic amines is 1. The number of benzene rings is 2. The zero-order chi connectivity index (χ0) is 65.7. The fraction of sp³-hybridized carbons (Fsp3) is 0.525. The molecule has 91 heavy (non-hydrogen) atoms. The molecule has 30 heteroatoms. The van der Waals surface area contributed by atoms with Gasteiger partial charge in [-0.25, -0.2) is 27.8 Å². The highest BCUT2D eigenvalue weighted by Gasteiger charge is 2.47. The van der Waals surface area contributed by atoms with Gasteiger partial charge in [0, 0.05) is 88.0 Å². The Balaban J connectivity index is 0.763. The number of H-pyrrole nitrogens is 1. The van der Waals surface area contributed by atoms with E-state index < -0.39 is 62.4 Å². The lowest BCUT2D eigenvalue weighted by atomic mass is 9.82. The first-order valence-electron chi connectivity index (χ1n) is 31.0. The number of nitrogens with zero attached hydrogens (tertiary/aromatic N) is 6. The summed E-state index contributed by atoms with van der Waals surface area (Å²) in [5.41, 5.74) is 17.3. The molecule has 2 aromatic carbocycles. The van der Waals surface area contributed by atoms with E-state index in [0.29, 0.717) is 58.2 Å². The van der Waals surface area contributed by atoms with Crippen LogP contribution in [0.1, 0.15) is 147 Å². The van der Waals surface area contributed by atoms with Crippen LogP contribution in [0.2, 0.25) is 0 Å². The zero-order valence-electron chi connectivity index (χ0n) is 52.2. The van der Waals surface area contributed by atoms with E-state index in [9.17, 15) is 47.4 Å². The van der Waals surface area contributed by atoms with Crippen LogP contribution in [0.4, 0.5) is 17.3 Å². The van der Waals surface area contributed by atoms with Crippen LogP contribution in [-0.2, 0) is 60.6 Å². The summed E-state index contributed by atoms with van der Waals surface area (Å²) in [6, 6.07) is 13.2. The number of thiol groups is 1. The number of ether oxygens (including phenoxy) is 1. The number of imidazole rings is 1. The summed E-state index contributed by atoms with van der Waals surface area (Å²) in [6.07, 6.45) is 19.2. The molecule has 5 aliphatic rings. The number of unbranched alkanes of at least 4 members (excludes halogenated alkanes) is 5. The van der Waals surface area contributed by atoms with Gasteiger partial charge in [0.1, 0.15) is 19.3 Å². The predicted molar refractivity (Wildman–Crippen MR) is 350 cm³/mol. The minimum atomic E-state index is -6.01. The molecule has 0 radical (unpaired) electrons. The molecule has 6 unspecified atom stereocenters. The first-order chi connectivity index (χ1) is 43.0. The Morgan fingerprint density at radius 3 is 1.98 bits per heavy atom. The number of rotatable bonds is 27. The first kappa shape index (κ1) is 70.5. The molecule has 2 saturated heterocycles. The minimum Gasteiger partial charge on any atom is -0.369 e. The van der Waals surface area contributed by atoms with Gasteiger partial charge < -0.3 is 59.0 Å². The molecule has 1 amide bonds. The maximum absolute atomic E-state index is 13.7. The Kier molecular flexibility index (Phi) is 22.8. The molecule has 25 nitrogen and oxygen atoms in total. The molecule has 8 N–H and O–H groups in total. The third-order valence-electron chi connectivity index (χ3n) is 17.3. The lowest BCUT2D eigenvalue weighted by Gasteiger charge is -2.28. The number of aromatic nitrogens is 4. The molecule has 1 saturated carbocycles. The van der Waals surface area contributed by atoms with Crippen molar-refractivity contribution in [1.82, 2.24) is 24.8 Å². The van der Waals surface area contributed by atoms with E-state index in [1.807, 2.05) is 0 Å². The van der Waals surface area contributed by atoms with Crippen LogP contribution in [0.25, 0.3) is 11.2 Å². The molecule has 9 rings (SSSR count). The van der Waals surface area contributed by atoms with Gasteiger partial charge in [-0.05, 0) is 99.4 Å². The maximum atomic E-state index is 13.7. The topological polar surface area (TPSA) is 333 Å². The summed E-state index contributed by atoms with van der Waals surface area (Å²) < 4.78 is 81.7. The monoisotopic (exact) mass is 1360 g/mol.